The van der Waals surface area contributed by atoms with Crippen molar-refractivity contribution in [2.45, 2.75) is 13.3 Å². The number of nitro groups is 1. The molecule has 1 aromatic carbocycles. The fourth-order valence-corrected chi connectivity index (χ4v) is 1.76. The molecule has 0 spiro atoms. The highest BCUT2D eigenvalue weighted by atomic mass is 16.6. The topological polar surface area (TPSA) is 84.6 Å². The van der Waals surface area contributed by atoms with Gasteiger partial charge in [0.1, 0.15) is 0 Å². The standard InChI is InChI=1S/C11H11N3O3/c1-7-6-10(15)12-13-11(7)8-2-4-9(5-3-8)14(16)17/h2-5,7H,6H2,1H3,(H,12,15). The van der Waals surface area contributed by atoms with E-state index in [0.717, 1.165) is 11.3 Å². The minimum absolute atomic E-state index is 0.0187. The van der Waals surface area contributed by atoms with E-state index in [4.69, 9.17) is 0 Å². The van der Waals surface area contributed by atoms with E-state index in [2.05, 4.69) is 10.5 Å². The van der Waals surface area contributed by atoms with E-state index in [1.807, 2.05) is 6.92 Å². The van der Waals surface area contributed by atoms with Crippen molar-refractivity contribution in [3.63, 3.8) is 0 Å². The molecule has 0 bridgehead atoms. The fraction of sp³-hybridized carbons (Fsp3) is 0.273. The molecule has 1 heterocycles. The Kier molecular flexibility index (Phi) is 2.86. The average molecular weight is 233 g/mol. The molecule has 1 atom stereocenters. The van der Waals surface area contributed by atoms with Gasteiger partial charge in [0.15, 0.2) is 0 Å². The summed E-state index contributed by atoms with van der Waals surface area (Å²) in [5.74, 6) is -0.0895. The van der Waals surface area contributed by atoms with Crippen molar-refractivity contribution in [1.29, 1.82) is 0 Å². The lowest BCUT2D eigenvalue weighted by atomic mass is 9.94. The fourth-order valence-electron chi connectivity index (χ4n) is 1.76. The molecule has 0 fully saturated rings. The SMILES string of the molecule is CC1CC(=O)NN=C1c1ccc([N+](=O)[O-])cc1. The van der Waals surface area contributed by atoms with Gasteiger partial charge in [-0.2, -0.15) is 5.10 Å². The number of hydrogen-bond acceptors (Lipinski definition) is 4. The highest BCUT2D eigenvalue weighted by Gasteiger charge is 2.21. The van der Waals surface area contributed by atoms with E-state index in [9.17, 15) is 14.9 Å². The van der Waals surface area contributed by atoms with Crippen molar-refractivity contribution in [3.05, 3.63) is 39.9 Å². The zero-order valence-corrected chi connectivity index (χ0v) is 9.21. The number of nitrogens with one attached hydrogen (secondary N) is 1. The van der Waals surface area contributed by atoms with Crippen LogP contribution in [0.1, 0.15) is 18.9 Å². The number of carbonyl (C=O) groups excluding carboxylic acids is 1. The maximum absolute atomic E-state index is 11.1. The molecule has 0 saturated carbocycles. The quantitative estimate of drug-likeness (QED) is 0.619. The van der Waals surface area contributed by atoms with Gasteiger partial charge in [0, 0.05) is 24.5 Å². The van der Waals surface area contributed by atoms with Gasteiger partial charge < -0.3 is 0 Å². The minimum atomic E-state index is -0.447. The van der Waals surface area contributed by atoms with Gasteiger partial charge in [-0.05, 0) is 17.7 Å². The van der Waals surface area contributed by atoms with Crippen LogP contribution >= 0.6 is 0 Å². The molecule has 1 amide bonds. The lowest BCUT2D eigenvalue weighted by Gasteiger charge is -2.18. The summed E-state index contributed by atoms with van der Waals surface area (Å²) in [4.78, 5) is 21.2. The molecule has 1 aliphatic heterocycles. The van der Waals surface area contributed by atoms with Gasteiger partial charge >= 0.3 is 0 Å². The first-order chi connectivity index (χ1) is 8.08. The third-order valence-electron chi connectivity index (χ3n) is 2.63. The Morgan fingerprint density at radius 2 is 2.06 bits per heavy atom. The number of nitrogens with zero attached hydrogens (tertiary/aromatic N) is 2. The van der Waals surface area contributed by atoms with Gasteiger partial charge in [0.05, 0.1) is 10.6 Å². The van der Waals surface area contributed by atoms with Crippen LogP contribution in [0.4, 0.5) is 5.69 Å². The summed E-state index contributed by atoms with van der Waals surface area (Å²) >= 11 is 0. The molecule has 2 rings (SSSR count). The minimum Gasteiger partial charge on any atom is -0.273 e. The zero-order chi connectivity index (χ0) is 12.4. The Morgan fingerprint density at radius 1 is 1.41 bits per heavy atom. The lowest BCUT2D eigenvalue weighted by molar-refractivity contribution is -0.384. The molecular formula is C11H11N3O3. The average Bonchev–Trinajstić information content (AvgIpc) is 2.29. The van der Waals surface area contributed by atoms with Crippen LogP contribution in [0.2, 0.25) is 0 Å². The predicted octanol–water partition coefficient (Wildman–Crippen LogP) is 1.45. The summed E-state index contributed by atoms with van der Waals surface area (Å²) in [5.41, 5.74) is 4.00. The normalized spacial score (nSPS) is 19.5. The van der Waals surface area contributed by atoms with Gasteiger partial charge in [-0.1, -0.05) is 6.92 Å². The molecule has 1 unspecified atom stereocenters. The van der Waals surface area contributed by atoms with E-state index in [-0.39, 0.29) is 17.5 Å². The van der Waals surface area contributed by atoms with Crippen LogP contribution in [0.3, 0.4) is 0 Å². The van der Waals surface area contributed by atoms with Gasteiger partial charge in [-0.3, -0.25) is 14.9 Å². The van der Waals surface area contributed by atoms with Crippen LogP contribution in [-0.4, -0.2) is 16.5 Å². The van der Waals surface area contributed by atoms with Gasteiger partial charge in [-0.15, -0.1) is 0 Å². The Morgan fingerprint density at radius 3 is 2.59 bits per heavy atom. The van der Waals surface area contributed by atoms with Crippen LogP contribution in [0.25, 0.3) is 0 Å². The molecule has 0 radical (unpaired) electrons. The largest absolute Gasteiger partial charge is 0.273 e. The highest BCUT2D eigenvalue weighted by Crippen LogP contribution is 2.19. The molecule has 0 aromatic heterocycles. The maximum atomic E-state index is 11.1. The summed E-state index contributed by atoms with van der Waals surface area (Å²) in [6.07, 6.45) is 0.385. The molecular weight excluding hydrogens is 222 g/mol. The number of non-ortho nitro benzene ring substituents is 1. The Labute approximate surface area is 97.5 Å². The molecule has 1 aliphatic rings. The monoisotopic (exact) mass is 233 g/mol. The second-order valence-electron chi connectivity index (χ2n) is 3.94. The van der Waals surface area contributed by atoms with Crippen LogP contribution in [0.5, 0.6) is 0 Å². The number of nitro benzene ring substituents is 1. The molecule has 17 heavy (non-hydrogen) atoms. The highest BCUT2D eigenvalue weighted by molar-refractivity contribution is 6.05. The molecule has 6 nitrogen and oxygen atoms in total. The predicted molar refractivity (Wildman–Crippen MR) is 61.6 cm³/mol. The van der Waals surface area contributed by atoms with Crippen molar-refractivity contribution < 1.29 is 9.72 Å². The van der Waals surface area contributed by atoms with Crippen molar-refractivity contribution >= 4 is 17.3 Å². The summed E-state index contributed by atoms with van der Waals surface area (Å²) in [6.45, 7) is 1.90. The number of carbonyl (C=O) groups is 1. The lowest BCUT2D eigenvalue weighted by Crippen LogP contribution is -2.31. The third-order valence-corrected chi connectivity index (χ3v) is 2.63. The Bertz CT molecular complexity index is 493. The van der Waals surface area contributed by atoms with Gasteiger partial charge in [0.25, 0.3) is 5.69 Å². The number of hydrogen-bond donors (Lipinski definition) is 1. The van der Waals surface area contributed by atoms with Crippen LogP contribution < -0.4 is 5.43 Å². The van der Waals surface area contributed by atoms with Crippen molar-refractivity contribution in [3.8, 4) is 0 Å². The molecule has 0 saturated heterocycles. The summed E-state index contributed by atoms with van der Waals surface area (Å²) in [6, 6.07) is 6.15. The summed E-state index contributed by atoms with van der Waals surface area (Å²) in [7, 11) is 0. The van der Waals surface area contributed by atoms with Crippen LogP contribution in [-0.2, 0) is 4.79 Å². The molecule has 6 heteroatoms. The van der Waals surface area contributed by atoms with E-state index >= 15 is 0 Å². The van der Waals surface area contributed by atoms with E-state index in [1.165, 1.54) is 12.1 Å². The summed E-state index contributed by atoms with van der Waals surface area (Å²) in [5, 5.41) is 14.5. The van der Waals surface area contributed by atoms with Gasteiger partial charge in [-0.25, -0.2) is 5.43 Å². The second-order valence-corrected chi connectivity index (χ2v) is 3.94. The third kappa shape index (κ3) is 2.30. The van der Waals surface area contributed by atoms with Gasteiger partial charge in [0.2, 0.25) is 5.91 Å². The number of benzene rings is 1. The van der Waals surface area contributed by atoms with Crippen molar-refractivity contribution in [2.75, 3.05) is 0 Å². The second kappa shape index (κ2) is 4.32. The molecule has 1 N–H and O–H groups in total. The Balaban J connectivity index is 2.28. The zero-order valence-electron chi connectivity index (χ0n) is 9.21. The molecule has 1 aromatic rings. The maximum Gasteiger partial charge on any atom is 0.269 e. The van der Waals surface area contributed by atoms with E-state index in [1.54, 1.807) is 12.1 Å². The smallest absolute Gasteiger partial charge is 0.269 e. The first-order valence-electron chi connectivity index (χ1n) is 5.19. The van der Waals surface area contributed by atoms with Crippen molar-refractivity contribution in [2.24, 2.45) is 11.0 Å². The van der Waals surface area contributed by atoms with Crippen LogP contribution in [0.15, 0.2) is 29.4 Å². The number of rotatable bonds is 2. The number of amides is 1. The van der Waals surface area contributed by atoms with Crippen LogP contribution in [0, 0.1) is 16.0 Å². The summed E-state index contributed by atoms with van der Waals surface area (Å²) < 4.78 is 0. The van der Waals surface area contributed by atoms with E-state index in [0.29, 0.717) is 6.42 Å². The number of hydrazone groups is 1. The molecule has 0 aliphatic carbocycles. The Hall–Kier alpha value is -2.24. The van der Waals surface area contributed by atoms with Crippen molar-refractivity contribution in [1.82, 2.24) is 5.43 Å². The first kappa shape index (κ1) is 11.3. The van der Waals surface area contributed by atoms with E-state index < -0.39 is 4.92 Å². The molecule has 88 valence electrons. The first-order valence-corrected chi connectivity index (χ1v) is 5.19.